The van der Waals surface area contributed by atoms with Crippen LogP contribution in [-0.2, 0) is 28.4 Å². The fourth-order valence-corrected chi connectivity index (χ4v) is 14.5. The van der Waals surface area contributed by atoms with Crippen molar-refractivity contribution in [3.05, 3.63) is 36.0 Å². The largest absolute Gasteiger partial charge is 0.379 e. The number of hydrogen-bond acceptors (Lipinski definition) is 7. The Bertz CT molecular complexity index is 1460. The molecule has 0 amide bonds. The SMILES string of the molecule is CCCCC/C=C\C/C=C\CCCCCCCCOCC(CN1CCCC1)OCCOCCOCCOCCO[C@H]1CC[C@@]2(C)C(=CC[C@@H]3[C@]2(C)CC[C@]2(C)[C@@H]([C@H](C)CCCC(C)C)CC[C@@]32C)C1. The molecule has 7 nitrogen and oxygen atoms in total. The Morgan fingerprint density at radius 1 is 0.623 bits per heavy atom. The molecule has 69 heavy (non-hydrogen) atoms. The van der Waals surface area contributed by atoms with Crippen molar-refractivity contribution >= 4 is 0 Å². The van der Waals surface area contributed by atoms with Crippen molar-refractivity contribution in [2.24, 2.45) is 45.3 Å². The van der Waals surface area contributed by atoms with Crippen LogP contribution < -0.4 is 0 Å². The van der Waals surface area contributed by atoms with Crippen LogP contribution in [0.2, 0.25) is 0 Å². The summed E-state index contributed by atoms with van der Waals surface area (Å²) >= 11 is 0. The summed E-state index contributed by atoms with van der Waals surface area (Å²) in [7, 11) is 0. The molecular weight excluding hydrogens is 855 g/mol. The summed E-state index contributed by atoms with van der Waals surface area (Å²) in [5, 5.41) is 0. The molecule has 0 aromatic heterocycles. The van der Waals surface area contributed by atoms with E-state index in [9.17, 15) is 0 Å². The van der Waals surface area contributed by atoms with E-state index >= 15 is 0 Å². The molecular formula is C62H111NO6. The fraction of sp³-hybridized carbons (Fsp3) is 0.903. The van der Waals surface area contributed by atoms with E-state index in [0.717, 1.165) is 62.5 Å². The molecule has 7 heteroatoms. The highest BCUT2D eigenvalue weighted by molar-refractivity contribution is 5.30. The number of likely N-dealkylation sites (tertiary alicyclic amines) is 1. The smallest absolute Gasteiger partial charge is 0.0936 e. The minimum Gasteiger partial charge on any atom is -0.379 e. The van der Waals surface area contributed by atoms with E-state index in [-0.39, 0.29) is 6.10 Å². The molecule has 0 aromatic rings. The van der Waals surface area contributed by atoms with Gasteiger partial charge in [0, 0.05) is 13.2 Å². The minimum absolute atomic E-state index is 0.100. The van der Waals surface area contributed by atoms with Crippen molar-refractivity contribution in [2.75, 3.05) is 85.7 Å². The van der Waals surface area contributed by atoms with Crippen LogP contribution in [-0.4, -0.2) is 103 Å². The van der Waals surface area contributed by atoms with E-state index in [1.54, 1.807) is 5.57 Å². The average Bonchev–Trinajstić information content (AvgIpc) is 3.95. The van der Waals surface area contributed by atoms with Crippen molar-refractivity contribution in [1.29, 1.82) is 0 Å². The van der Waals surface area contributed by atoms with Gasteiger partial charge in [0.15, 0.2) is 0 Å². The molecule has 3 saturated carbocycles. The lowest BCUT2D eigenvalue weighted by molar-refractivity contribution is -0.166. The molecule has 4 aliphatic carbocycles. The molecule has 0 spiro atoms. The van der Waals surface area contributed by atoms with Crippen molar-refractivity contribution in [1.82, 2.24) is 4.90 Å². The third-order valence-electron chi connectivity index (χ3n) is 19.3. The minimum atomic E-state index is 0.100. The van der Waals surface area contributed by atoms with Crippen molar-refractivity contribution < 1.29 is 28.4 Å². The zero-order valence-corrected chi connectivity index (χ0v) is 46.6. The number of nitrogens with zero attached hydrogens (tertiary/aromatic N) is 1. The molecule has 0 N–H and O–H groups in total. The van der Waals surface area contributed by atoms with E-state index in [4.69, 9.17) is 28.4 Å². The Kier molecular flexibility index (Phi) is 27.0. The maximum absolute atomic E-state index is 6.50. The molecule has 1 unspecified atom stereocenters. The van der Waals surface area contributed by atoms with E-state index in [1.807, 2.05) is 0 Å². The van der Waals surface area contributed by atoms with Crippen LogP contribution in [0.1, 0.15) is 216 Å². The highest BCUT2D eigenvalue weighted by atomic mass is 16.6. The Labute approximate surface area is 426 Å². The third-order valence-corrected chi connectivity index (χ3v) is 19.3. The van der Waals surface area contributed by atoms with Gasteiger partial charge in [-0.3, -0.25) is 0 Å². The topological polar surface area (TPSA) is 58.6 Å². The second-order valence-electron chi connectivity index (χ2n) is 24.3. The van der Waals surface area contributed by atoms with Crippen LogP contribution in [0.3, 0.4) is 0 Å². The molecule has 9 atom stereocenters. The number of fused-ring (bicyclic) bond motifs is 5. The first-order valence-electron chi connectivity index (χ1n) is 29.7. The lowest BCUT2D eigenvalue weighted by Gasteiger charge is -2.68. The first kappa shape index (κ1) is 58.8. The maximum atomic E-state index is 6.50. The quantitative estimate of drug-likeness (QED) is 0.0451. The van der Waals surface area contributed by atoms with Crippen molar-refractivity contribution in [2.45, 2.75) is 228 Å². The Balaban J connectivity index is 0.854. The Hall–Kier alpha value is -1.06. The second kappa shape index (κ2) is 31.6. The third kappa shape index (κ3) is 17.8. The summed E-state index contributed by atoms with van der Waals surface area (Å²) in [5.74, 6) is 3.34. The molecule has 1 aliphatic heterocycles. The summed E-state index contributed by atoms with van der Waals surface area (Å²) in [6.07, 6.45) is 44.9. The zero-order valence-electron chi connectivity index (χ0n) is 46.6. The Morgan fingerprint density at radius 2 is 1.26 bits per heavy atom. The van der Waals surface area contributed by atoms with Crippen LogP contribution in [0.5, 0.6) is 0 Å². The monoisotopic (exact) mass is 966 g/mol. The van der Waals surface area contributed by atoms with Gasteiger partial charge in [-0.15, -0.1) is 0 Å². The van der Waals surface area contributed by atoms with Gasteiger partial charge >= 0.3 is 0 Å². The lowest BCUT2D eigenvalue weighted by atomic mass is 9.36. The summed E-state index contributed by atoms with van der Waals surface area (Å²) in [6, 6.07) is 0. The van der Waals surface area contributed by atoms with Gasteiger partial charge in [-0.25, -0.2) is 0 Å². The number of allylic oxidation sites excluding steroid dienone is 5. The van der Waals surface area contributed by atoms with Gasteiger partial charge in [0.1, 0.15) is 0 Å². The summed E-state index contributed by atoms with van der Waals surface area (Å²) in [4.78, 5) is 2.52. The normalized spacial score (nSPS) is 30.3. The zero-order chi connectivity index (χ0) is 49.3. The standard InChI is InChI=1S/C62H111NO6/c1-9-10-11-12-13-14-15-16-17-18-19-20-21-22-23-26-40-67-51-56(50-63-38-24-25-39-63)69-48-46-66-44-42-64-41-43-65-45-47-68-55-32-34-59(5)54(49-55)30-31-58-61(7)35-33-57(53(4)29-27-28-52(2)3)60(61,6)36-37-62(58,59)8/h13-14,16-17,30,52-53,55-58H,9-12,15,18-29,31-51H2,1-8H3/b14-13-,17-16-/t53-,55+,56?,57-,58+,59+,60-,61+,62+/m1/s1. The van der Waals surface area contributed by atoms with Gasteiger partial charge in [0.2, 0.25) is 0 Å². The molecule has 0 aromatic carbocycles. The predicted octanol–water partition coefficient (Wildman–Crippen LogP) is 15.6. The molecule has 1 saturated heterocycles. The highest BCUT2D eigenvalue weighted by Crippen LogP contribution is 2.76. The van der Waals surface area contributed by atoms with Crippen molar-refractivity contribution in [3.63, 3.8) is 0 Å². The predicted molar refractivity (Wildman–Crippen MR) is 290 cm³/mol. The number of rotatable bonds is 38. The summed E-state index contributed by atoms with van der Waals surface area (Å²) < 4.78 is 36.6. The number of hydrogen-bond donors (Lipinski definition) is 0. The molecule has 1 heterocycles. The van der Waals surface area contributed by atoms with Crippen LogP contribution >= 0.6 is 0 Å². The van der Waals surface area contributed by atoms with Crippen LogP contribution in [0, 0.1) is 45.3 Å². The molecule has 0 bridgehead atoms. The molecule has 5 rings (SSSR count). The first-order chi connectivity index (χ1) is 33.5. The summed E-state index contributed by atoms with van der Waals surface area (Å²) in [5.41, 5.74) is 3.28. The first-order valence-corrected chi connectivity index (χ1v) is 29.7. The number of ether oxygens (including phenoxy) is 6. The molecule has 0 radical (unpaired) electrons. The van der Waals surface area contributed by atoms with Crippen molar-refractivity contribution in [3.8, 4) is 0 Å². The molecule has 400 valence electrons. The van der Waals surface area contributed by atoms with E-state index in [2.05, 4.69) is 90.7 Å². The van der Waals surface area contributed by atoms with Crippen LogP contribution in [0.4, 0.5) is 0 Å². The van der Waals surface area contributed by atoms with E-state index in [0.29, 0.717) is 87.2 Å². The van der Waals surface area contributed by atoms with Crippen LogP contribution in [0.25, 0.3) is 0 Å². The fourth-order valence-electron chi connectivity index (χ4n) is 14.5. The van der Waals surface area contributed by atoms with Gasteiger partial charge < -0.3 is 33.3 Å². The molecule has 4 fully saturated rings. The van der Waals surface area contributed by atoms with Gasteiger partial charge in [0.25, 0.3) is 0 Å². The maximum Gasteiger partial charge on any atom is 0.0936 e. The summed E-state index contributed by atoms with van der Waals surface area (Å²) in [6.45, 7) is 30.0. The second-order valence-corrected chi connectivity index (χ2v) is 24.3. The van der Waals surface area contributed by atoms with Gasteiger partial charge in [-0.2, -0.15) is 0 Å². The van der Waals surface area contributed by atoms with E-state index in [1.165, 1.54) is 148 Å². The van der Waals surface area contributed by atoms with Gasteiger partial charge in [-0.05, 0) is 161 Å². The number of unbranched alkanes of at least 4 members (excludes halogenated alkanes) is 9. The highest BCUT2D eigenvalue weighted by Gasteiger charge is 2.68. The molecule has 5 aliphatic rings. The lowest BCUT2D eigenvalue weighted by Crippen LogP contribution is -2.61. The van der Waals surface area contributed by atoms with Gasteiger partial charge in [0.05, 0.1) is 71.7 Å². The van der Waals surface area contributed by atoms with E-state index < -0.39 is 0 Å². The van der Waals surface area contributed by atoms with Gasteiger partial charge in [-0.1, -0.05) is 149 Å². The van der Waals surface area contributed by atoms with Crippen LogP contribution in [0.15, 0.2) is 36.0 Å². The average molecular weight is 967 g/mol. The Morgan fingerprint density at radius 3 is 1.96 bits per heavy atom.